The average Bonchev–Trinajstić information content (AvgIpc) is 3.28. The molecular formula is C18H36N2. The molecule has 0 spiro atoms. The highest BCUT2D eigenvalue weighted by Gasteiger charge is 2.38. The topological polar surface area (TPSA) is 15.3 Å². The third-order valence-corrected chi connectivity index (χ3v) is 5.14. The molecule has 0 aromatic carbocycles. The van der Waals surface area contributed by atoms with Gasteiger partial charge in [0.2, 0.25) is 0 Å². The Hall–Kier alpha value is -0.0800. The summed E-state index contributed by atoms with van der Waals surface area (Å²) >= 11 is 0. The lowest BCUT2D eigenvalue weighted by Gasteiger charge is -2.41. The summed E-state index contributed by atoms with van der Waals surface area (Å²) in [5.74, 6) is 1.02. The summed E-state index contributed by atoms with van der Waals surface area (Å²) < 4.78 is 0. The zero-order valence-corrected chi connectivity index (χ0v) is 13.9. The van der Waals surface area contributed by atoms with Gasteiger partial charge in [-0.3, -0.25) is 4.90 Å². The fraction of sp³-hybridized carbons (Fsp3) is 1.00. The van der Waals surface area contributed by atoms with Crippen molar-refractivity contribution in [2.45, 2.75) is 90.1 Å². The van der Waals surface area contributed by atoms with Crippen LogP contribution in [0.2, 0.25) is 0 Å². The van der Waals surface area contributed by atoms with Gasteiger partial charge in [-0.1, -0.05) is 52.4 Å². The standard InChI is InChI=1S/C18H36N2/c1-3-5-6-7-8-9-13-20-15-17(10-4-2)19-14-18(20)16-11-12-16/h16-19H,3-15H2,1-2H3. The second-order valence-corrected chi connectivity index (χ2v) is 7.06. The van der Waals surface area contributed by atoms with Gasteiger partial charge in [0.05, 0.1) is 0 Å². The number of nitrogens with one attached hydrogen (secondary N) is 1. The van der Waals surface area contributed by atoms with Crippen molar-refractivity contribution in [3.05, 3.63) is 0 Å². The normalized spacial score (nSPS) is 27.9. The molecule has 1 aliphatic heterocycles. The van der Waals surface area contributed by atoms with E-state index in [-0.39, 0.29) is 0 Å². The molecule has 0 bridgehead atoms. The molecule has 0 aromatic heterocycles. The maximum atomic E-state index is 3.80. The highest BCUT2D eigenvalue weighted by Crippen LogP contribution is 2.36. The van der Waals surface area contributed by atoms with Gasteiger partial charge in [-0.2, -0.15) is 0 Å². The van der Waals surface area contributed by atoms with E-state index in [9.17, 15) is 0 Å². The second kappa shape index (κ2) is 9.04. The van der Waals surface area contributed by atoms with Crippen LogP contribution in [-0.2, 0) is 0 Å². The number of nitrogens with zero attached hydrogens (tertiary/aromatic N) is 1. The molecule has 2 heteroatoms. The number of piperazine rings is 1. The van der Waals surface area contributed by atoms with E-state index in [2.05, 4.69) is 24.1 Å². The summed E-state index contributed by atoms with van der Waals surface area (Å²) in [7, 11) is 0. The maximum absolute atomic E-state index is 3.80. The quantitative estimate of drug-likeness (QED) is 0.603. The summed E-state index contributed by atoms with van der Waals surface area (Å²) in [6.07, 6.45) is 14.2. The summed E-state index contributed by atoms with van der Waals surface area (Å²) in [5, 5.41) is 3.80. The molecule has 1 N–H and O–H groups in total. The molecule has 1 heterocycles. The summed E-state index contributed by atoms with van der Waals surface area (Å²) in [4.78, 5) is 2.84. The van der Waals surface area contributed by atoms with Gasteiger partial charge in [0, 0.05) is 25.2 Å². The van der Waals surface area contributed by atoms with Crippen LogP contribution < -0.4 is 5.32 Å². The third kappa shape index (κ3) is 5.37. The van der Waals surface area contributed by atoms with E-state index < -0.39 is 0 Å². The smallest absolute Gasteiger partial charge is 0.0249 e. The van der Waals surface area contributed by atoms with Crippen LogP contribution in [0, 0.1) is 5.92 Å². The van der Waals surface area contributed by atoms with Crippen molar-refractivity contribution in [2.75, 3.05) is 19.6 Å². The van der Waals surface area contributed by atoms with E-state index in [1.54, 1.807) is 0 Å². The molecule has 0 aromatic rings. The van der Waals surface area contributed by atoms with E-state index in [1.807, 2.05) is 0 Å². The molecule has 118 valence electrons. The summed E-state index contributed by atoms with van der Waals surface area (Å²) in [6.45, 7) is 8.53. The molecule has 1 saturated heterocycles. The van der Waals surface area contributed by atoms with Crippen molar-refractivity contribution in [2.24, 2.45) is 5.92 Å². The highest BCUT2D eigenvalue weighted by molar-refractivity contribution is 4.94. The number of rotatable bonds is 10. The van der Waals surface area contributed by atoms with Gasteiger partial charge in [0.15, 0.2) is 0 Å². The van der Waals surface area contributed by atoms with Crippen molar-refractivity contribution in [3.8, 4) is 0 Å². The van der Waals surface area contributed by atoms with Crippen LogP contribution in [0.25, 0.3) is 0 Å². The highest BCUT2D eigenvalue weighted by atomic mass is 15.2. The Morgan fingerprint density at radius 1 is 0.950 bits per heavy atom. The van der Waals surface area contributed by atoms with Crippen molar-refractivity contribution in [1.82, 2.24) is 10.2 Å². The van der Waals surface area contributed by atoms with E-state index in [0.29, 0.717) is 0 Å². The first-order chi connectivity index (χ1) is 9.85. The van der Waals surface area contributed by atoms with Crippen LogP contribution >= 0.6 is 0 Å². The molecule has 0 radical (unpaired) electrons. The second-order valence-electron chi connectivity index (χ2n) is 7.06. The van der Waals surface area contributed by atoms with Gasteiger partial charge in [-0.25, -0.2) is 0 Å². The van der Waals surface area contributed by atoms with Crippen LogP contribution in [-0.4, -0.2) is 36.6 Å². The van der Waals surface area contributed by atoms with E-state index in [0.717, 1.165) is 18.0 Å². The van der Waals surface area contributed by atoms with Gasteiger partial charge in [0.1, 0.15) is 0 Å². The van der Waals surface area contributed by atoms with Gasteiger partial charge >= 0.3 is 0 Å². The van der Waals surface area contributed by atoms with Crippen LogP contribution in [0.4, 0.5) is 0 Å². The number of unbranched alkanes of at least 4 members (excludes halogenated alkanes) is 5. The predicted octanol–water partition coefficient (Wildman–Crippen LogP) is 4.20. The molecule has 1 saturated carbocycles. The Morgan fingerprint density at radius 3 is 2.40 bits per heavy atom. The fourth-order valence-corrected chi connectivity index (χ4v) is 3.74. The van der Waals surface area contributed by atoms with Crippen LogP contribution in [0.3, 0.4) is 0 Å². The lowest BCUT2D eigenvalue weighted by Crippen LogP contribution is -2.57. The minimum Gasteiger partial charge on any atom is -0.311 e. The fourth-order valence-electron chi connectivity index (χ4n) is 3.74. The molecule has 2 aliphatic rings. The van der Waals surface area contributed by atoms with Crippen molar-refractivity contribution >= 4 is 0 Å². The predicted molar refractivity (Wildman–Crippen MR) is 88.2 cm³/mol. The zero-order chi connectivity index (χ0) is 14.2. The monoisotopic (exact) mass is 280 g/mol. The van der Waals surface area contributed by atoms with Crippen molar-refractivity contribution < 1.29 is 0 Å². The summed E-state index contributed by atoms with van der Waals surface area (Å²) in [6, 6.07) is 1.62. The van der Waals surface area contributed by atoms with Crippen molar-refractivity contribution in [3.63, 3.8) is 0 Å². The van der Waals surface area contributed by atoms with E-state index in [1.165, 1.54) is 83.8 Å². The van der Waals surface area contributed by atoms with Gasteiger partial charge < -0.3 is 5.32 Å². The average molecular weight is 281 g/mol. The molecule has 2 fully saturated rings. The Kier molecular flexibility index (Phi) is 7.37. The molecule has 2 nitrogen and oxygen atoms in total. The number of hydrogen-bond acceptors (Lipinski definition) is 2. The molecule has 20 heavy (non-hydrogen) atoms. The third-order valence-electron chi connectivity index (χ3n) is 5.14. The molecule has 1 aliphatic carbocycles. The van der Waals surface area contributed by atoms with Gasteiger partial charge in [0.25, 0.3) is 0 Å². The molecule has 2 unspecified atom stereocenters. The van der Waals surface area contributed by atoms with Gasteiger partial charge in [-0.05, 0) is 38.1 Å². The molecule has 2 rings (SSSR count). The van der Waals surface area contributed by atoms with Crippen LogP contribution in [0.15, 0.2) is 0 Å². The lowest BCUT2D eigenvalue weighted by atomic mass is 10.0. The maximum Gasteiger partial charge on any atom is 0.0249 e. The van der Waals surface area contributed by atoms with Gasteiger partial charge in [-0.15, -0.1) is 0 Å². The first-order valence-electron chi connectivity index (χ1n) is 9.32. The van der Waals surface area contributed by atoms with Crippen molar-refractivity contribution in [1.29, 1.82) is 0 Å². The molecule has 0 amide bonds. The Bertz CT molecular complexity index is 250. The van der Waals surface area contributed by atoms with E-state index >= 15 is 0 Å². The summed E-state index contributed by atoms with van der Waals surface area (Å²) in [5.41, 5.74) is 0. The van der Waals surface area contributed by atoms with Crippen LogP contribution in [0.5, 0.6) is 0 Å². The lowest BCUT2D eigenvalue weighted by molar-refractivity contribution is 0.109. The first kappa shape index (κ1) is 16.3. The molecular weight excluding hydrogens is 244 g/mol. The minimum atomic E-state index is 0.759. The first-order valence-corrected chi connectivity index (χ1v) is 9.32. The van der Waals surface area contributed by atoms with Crippen LogP contribution in [0.1, 0.15) is 78.1 Å². The molecule has 2 atom stereocenters. The minimum absolute atomic E-state index is 0.759. The largest absolute Gasteiger partial charge is 0.311 e. The Morgan fingerprint density at radius 2 is 1.70 bits per heavy atom. The Balaban J connectivity index is 1.67. The zero-order valence-electron chi connectivity index (χ0n) is 13.9. The van der Waals surface area contributed by atoms with E-state index in [4.69, 9.17) is 0 Å². The Labute approximate surface area is 126 Å². The number of hydrogen-bond donors (Lipinski definition) is 1. The SMILES string of the molecule is CCCCCCCCN1CC(CCC)NCC1C1CC1.